The summed E-state index contributed by atoms with van der Waals surface area (Å²) in [4.78, 5) is 13.7. The molecule has 116 valence electrons. The van der Waals surface area contributed by atoms with Gasteiger partial charge in [0.05, 0.1) is 0 Å². The number of nitrogens with one attached hydrogen (secondary N) is 1. The fourth-order valence-electron chi connectivity index (χ4n) is 2.36. The van der Waals surface area contributed by atoms with Gasteiger partial charge in [0, 0.05) is 45.0 Å². The zero-order chi connectivity index (χ0) is 15.2. The molecule has 1 amide bonds. The van der Waals surface area contributed by atoms with Crippen LogP contribution in [-0.4, -0.2) is 43.6 Å². The average Bonchev–Trinajstić information content (AvgIpc) is 2.48. The number of carbonyl (C=O) groups is 1. The first-order chi connectivity index (χ1) is 10.1. The van der Waals surface area contributed by atoms with E-state index in [-0.39, 0.29) is 17.8 Å². The van der Waals surface area contributed by atoms with Crippen molar-refractivity contribution in [2.45, 2.75) is 25.4 Å². The van der Waals surface area contributed by atoms with Crippen LogP contribution in [0.15, 0.2) is 18.2 Å². The Bertz CT molecular complexity index is 489. The van der Waals surface area contributed by atoms with Gasteiger partial charge in [-0.1, -0.05) is 0 Å². The molecule has 6 heteroatoms. The highest BCUT2D eigenvalue weighted by Gasteiger charge is 2.24. The van der Waals surface area contributed by atoms with Crippen molar-refractivity contribution in [2.24, 2.45) is 0 Å². The molecule has 1 aromatic rings. The van der Waals surface area contributed by atoms with Crippen LogP contribution in [0.25, 0.3) is 0 Å². The van der Waals surface area contributed by atoms with Gasteiger partial charge in [-0.05, 0) is 19.2 Å². The van der Waals surface area contributed by atoms with Crippen LogP contribution in [0.3, 0.4) is 0 Å². The molecular weight excluding hydrogens is 278 g/mol. The highest BCUT2D eigenvalue weighted by Crippen LogP contribution is 2.23. The largest absolute Gasteiger partial charge is 0.487 e. The van der Waals surface area contributed by atoms with Crippen molar-refractivity contribution in [1.82, 2.24) is 10.2 Å². The number of likely N-dealkylation sites (tertiary alicyclic amines) is 1. The molecule has 1 aromatic carbocycles. The van der Waals surface area contributed by atoms with Gasteiger partial charge in [0.1, 0.15) is 11.9 Å². The van der Waals surface area contributed by atoms with E-state index in [4.69, 9.17) is 4.74 Å². The van der Waals surface area contributed by atoms with E-state index in [1.54, 1.807) is 4.90 Å². The molecule has 0 spiro atoms. The monoisotopic (exact) mass is 298 g/mol. The van der Waals surface area contributed by atoms with Crippen molar-refractivity contribution in [3.63, 3.8) is 0 Å². The maximum absolute atomic E-state index is 13.5. The summed E-state index contributed by atoms with van der Waals surface area (Å²) in [5.41, 5.74) is 0. The Balaban J connectivity index is 1.82. The summed E-state index contributed by atoms with van der Waals surface area (Å²) >= 11 is 0. The van der Waals surface area contributed by atoms with E-state index >= 15 is 0 Å². The number of hydrogen-bond acceptors (Lipinski definition) is 3. The second-order valence-electron chi connectivity index (χ2n) is 5.13. The molecule has 1 fully saturated rings. The van der Waals surface area contributed by atoms with Crippen LogP contribution in [0.2, 0.25) is 0 Å². The maximum atomic E-state index is 13.5. The lowest BCUT2D eigenvalue weighted by Gasteiger charge is -2.32. The number of amides is 1. The molecule has 1 N–H and O–H groups in total. The molecule has 0 saturated carbocycles. The summed E-state index contributed by atoms with van der Waals surface area (Å²) in [6.07, 6.45) is 1.65. The quantitative estimate of drug-likeness (QED) is 0.903. The predicted molar refractivity (Wildman–Crippen MR) is 75.1 cm³/mol. The number of halogens is 2. The number of nitrogens with zero attached hydrogens (tertiary/aromatic N) is 1. The fraction of sp³-hybridized carbons (Fsp3) is 0.533. The van der Waals surface area contributed by atoms with Crippen LogP contribution in [-0.2, 0) is 4.79 Å². The molecule has 0 atom stereocenters. The van der Waals surface area contributed by atoms with Gasteiger partial charge in [-0.15, -0.1) is 0 Å². The highest BCUT2D eigenvalue weighted by molar-refractivity contribution is 5.76. The van der Waals surface area contributed by atoms with Crippen LogP contribution in [0.5, 0.6) is 5.75 Å². The molecule has 0 aromatic heterocycles. The van der Waals surface area contributed by atoms with Crippen molar-refractivity contribution < 1.29 is 18.3 Å². The third-order valence-corrected chi connectivity index (χ3v) is 3.57. The topological polar surface area (TPSA) is 41.6 Å². The van der Waals surface area contributed by atoms with Crippen molar-refractivity contribution in [3.05, 3.63) is 29.8 Å². The minimum Gasteiger partial charge on any atom is -0.487 e. The van der Waals surface area contributed by atoms with E-state index in [0.717, 1.165) is 6.07 Å². The minimum atomic E-state index is -0.692. The second-order valence-corrected chi connectivity index (χ2v) is 5.13. The average molecular weight is 298 g/mol. The number of benzene rings is 1. The molecule has 0 bridgehead atoms. The SMILES string of the molecule is CNCCC(=O)N1CCC(Oc2ccc(F)cc2F)CC1. The molecule has 1 heterocycles. The van der Waals surface area contributed by atoms with E-state index in [9.17, 15) is 13.6 Å². The van der Waals surface area contributed by atoms with Crippen molar-refractivity contribution in [3.8, 4) is 5.75 Å². The van der Waals surface area contributed by atoms with Gasteiger partial charge in [-0.3, -0.25) is 4.79 Å². The van der Waals surface area contributed by atoms with Crippen LogP contribution < -0.4 is 10.1 Å². The molecule has 1 aliphatic rings. The van der Waals surface area contributed by atoms with Crippen LogP contribution in [0.4, 0.5) is 8.78 Å². The summed E-state index contributed by atoms with van der Waals surface area (Å²) in [5.74, 6) is -1.13. The first-order valence-electron chi connectivity index (χ1n) is 7.14. The van der Waals surface area contributed by atoms with E-state index in [1.807, 2.05) is 7.05 Å². The zero-order valence-electron chi connectivity index (χ0n) is 12.1. The summed E-state index contributed by atoms with van der Waals surface area (Å²) < 4.78 is 31.9. The fourth-order valence-corrected chi connectivity index (χ4v) is 2.36. The van der Waals surface area contributed by atoms with Crippen LogP contribution >= 0.6 is 0 Å². The van der Waals surface area contributed by atoms with E-state index in [2.05, 4.69) is 5.32 Å². The van der Waals surface area contributed by atoms with Gasteiger partial charge in [0.15, 0.2) is 11.6 Å². The predicted octanol–water partition coefficient (Wildman–Crippen LogP) is 1.94. The van der Waals surface area contributed by atoms with Gasteiger partial charge in [0.2, 0.25) is 5.91 Å². The van der Waals surface area contributed by atoms with Gasteiger partial charge in [0.25, 0.3) is 0 Å². The molecule has 2 rings (SSSR count). The van der Waals surface area contributed by atoms with Gasteiger partial charge in [-0.2, -0.15) is 0 Å². The third kappa shape index (κ3) is 4.39. The Morgan fingerprint density at radius 3 is 2.71 bits per heavy atom. The summed E-state index contributed by atoms with van der Waals surface area (Å²) in [7, 11) is 1.81. The van der Waals surface area contributed by atoms with Gasteiger partial charge >= 0.3 is 0 Å². The Morgan fingerprint density at radius 2 is 2.10 bits per heavy atom. The minimum absolute atomic E-state index is 0.0661. The third-order valence-electron chi connectivity index (χ3n) is 3.57. The Labute approximate surface area is 123 Å². The Kier molecular flexibility index (Phi) is 5.50. The number of piperidine rings is 1. The molecule has 4 nitrogen and oxygen atoms in total. The Hall–Kier alpha value is -1.69. The zero-order valence-corrected chi connectivity index (χ0v) is 12.1. The van der Waals surface area contributed by atoms with Gasteiger partial charge in [-0.25, -0.2) is 8.78 Å². The molecule has 0 aliphatic carbocycles. The maximum Gasteiger partial charge on any atom is 0.223 e. The van der Waals surface area contributed by atoms with Crippen LogP contribution in [0, 0.1) is 11.6 Å². The molecule has 1 aliphatic heterocycles. The first kappa shape index (κ1) is 15.7. The Morgan fingerprint density at radius 1 is 1.38 bits per heavy atom. The van der Waals surface area contributed by atoms with E-state index < -0.39 is 11.6 Å². The van der Waals surface area contributed by atoms with E-state index in [1.165, 1.54) is 12.1 Å². The van der Waals surface area contributed by atoms with Crippen molar-refractivity contribution in [2.75, 3.05) is 26.7 Å². The van der Waals surface area contributed by atoms with E-state index in [0.29, 0.717) is 38.9 Å². The summed E-state index contributed by atoms with van der Waals surface area (Å²) in [6.45, 7) is 1.88. The van der Waals surface area contributed by atoms with Gasteiger partial charge < -0.3 is 15.0 Å². The second kappa shape index (κ2) is 7.36. The summed E-state index contributed by atoms with van der Waals surface area (Å²) in [6, 6.07) is 3.29. The molecular formula is C15H20F2N2O2. The number of rotatable bonds is 5. The first-order valence-corrected chi connectivity index (χ1v) is 7.14. The smallest absolute Gasteiger partial charge is 0.223 e. The molecule has 21 heavy (non-hydrogen) atoms. The highest BCUT2D eigenvalue weighted by atomic mass is 19.1. The lowest BCUT2D eigenvalue weighted by Crippen LogP contribution is -2.42. The molecule has 1 saturated heterocycles. The molecule has 0 unspecified atom stereocenters. The normalized spacial score (nSPS) is 16.0. The van der Waals surface area contributed by atoms with Crippen LogP contribution in [0.1, 0.15) is 19.3 Å². The lowest BCUT2D eigenvalue weighted by molar-refractivity contribution is -0.132. The number of ether oxygens (including phenoxy) is 1. The standard InChI is InChI=1S/C15H20F2N2O2/c1-18-7-4-15(20)19-8-5-12(6-9-19)21-14-3-2-11(16)10-13(14)17/h2-3,10,12,18H,4-9H2,1H3. The van der Waals surface area contributed by atoms with Crippen molar-refractivity contribution >= 4 is 5.91 Å². The number of hydrogen-bond donors (Lipinski definition) is 1. The number of carbonyl (C=O) groups excluding carboxylic acids is 1. The summed E-state index contributed by atoms with van der Waals surface area (Å²) in [5, 5.41) is 2.95. The van der Waals surface area contributed by atoms with Crippen molar-refractivity contribution in [1.29, 1.82) is 0 Å². The lowest BCUT2D eigenvalue weighted by atomic mass is 10.1. The molecule has 0 radical (unpaired) electrons.